The van der Waals surface area contributed by atoms with Gasteiger partial charge in [0.15, 0.2) is 0 Å². The number of carbonyl (C=O) groups is 2. The minimum Gasteiger partial charge on any atom is -0.379 e. The number of nitrogens with one attached hydrogen (secondary N) is 2. The zero-order valence-corrected chi connectivity index (χ0v) is 17.4. The first-order valence-electron chi connectivity index (χ1n) is 9.72. The number of amides is 2. The second-order valence-corrected chi connectivity index (χ2v) is 8.95. The van der Waals surface area contributed by atoms with Crippen molar-refractivity contribution in [1.82, 2.24) is 15.2 Å². The molecule has 0 radical (unpaired) electrons. The highest BCUT2D eigenvalue weighted by Crippen LogP contribution is 2.18. The van der Waals surface area contributed by atoms with Crippen LogP contribution in [0.1, 0.15) is 20.7 Å². The molecule has 3 aromatic rings. The molecular weight excluding hydrogens is 418 g/mol. The van der Waals surface area contributed by atoms with E-state index < -0.39 is 21.8 Å². The number of hydrogen-bond acceptors (Lipinski definition) is 5. The van der Waals surface area contributed by atoms with E-state index in [1.807, 2.05) is 30.3 Å². The molecule has 0 spiro atoms. The number of sulfonamides is 1. The van der Waals surface area contributed by atoms with Crippen LogP contribution in [0.5, 0.6) is 0 Å². The summed E-state index contributed by atoms with van der Waals surface area (Å²) in [5.74, 6) is -1.09. The molecule has 0 aromatic heterocycles. The lowest BCUT2D eigenvalue weighted by Gasteiger charge is -2.26. The summed E-state index contributed by atoms with van der Waals surface area (Å²) in [6.07, 6.45) is 0. The molecule has 1 aliphatic heterocycles. The Labute approximate surface area is 179 Å². The first-order chi connectivity index (χ1) is 14.9. The first kappa shape index (κ1) is 21.0. The van der Waals surface area contributed by atoms with Crippen molar-refractivity contribution in [1.29, 1.82) is 0 Å². The molecule has 8 nitrogen and oxygen atoms in total. The van der Waals surface area contributed by atoms with E-state index >= 15 is 0 Å². The van der Waals surface area contributed by atoms with Gasteiger partial charge in [0.2, 0.25) is 10.0 Å². The third-order valence-electron chi connectivity index (χ3n) is 5.01. The number of carbonyl (C=O) groups excluding carboxylic acids is 2. The second kappa shape index (κ2) is 8.84. The Kier molecular flexibility index (Phi) is 5.99. The summed E-state index contributed by atoms with van der Waals surface area (Å²) in [5.41, 5.74) is 5.22. The van der Waals surface area contributed by atoms with E-state index in [1.54, 1.807) is 12.1 Å². The maximum atomic E-state index is 12.8. The number of benzene rings is 3. The molecule has 1 heterocycles. The maximum absolute atomic E-state index is 12.8. The fourth-order valence-corrected chi connectivity index (χ4v) is 4.78. The SMILES string of the molecule is O=C(NNC(=O)c1ccc2ccccc2c1)c1cccc(S(=O)(=O)N2CCOCC2)c1. The molecular formula is C22H21N3O5S. The van der Waals surface area contributed by atoms with Gasteiger partial charge in [-0.2, -0.15) is 4.31 Å². The van der Waals surface area contributed by atoms with Crippen molar-refractivity contribution in [2.75, 3.05) is 26.3 Å². The largest absolute Gasteiger partial charge is 0.379 e. The van der Waals surface area contributed by atoms with E-state index in [2.05, 4.69) is 10.9 Å². The van der Waals surface area contributed by atoms with Crippen molar-refractivity contribution in [3.8, 4) is 0 Å². The number of fused-ring (bicyclic) bond motifs is 1. The maximum Gasteiger partial charge on any atom is 0.269 e. The Balaban J connectivity index is 1.44. The van der Waals surface area contributed by atoms with Crippen LogP contribution in [0, 0.1) is 0 Å². The molecule has 9 heteroatoms. The van der Waals surface area contributed by atoms with Crippen LogP contribution in [0.4, 0.5) is 0 Å². The van der Waals surface area contributed by atoms with Crippen LogP contribution in [0.25, 0.3) is 10.8 Å². The van der Waals surface area contributed by atoms with Crippen LogP contribution in [-0.4, -0.2) is 50.8 Å². The summed E-state index contributed by atoms with van der Waals surface area (Å²) in [5, 5.41) is 1.91. The van der Waals surface area contributed by atoms with Gasteiger partial charge in [-0.25, -0.2) is 8.42 Å². The Morgan fingerprint density at radius 1 is 0.774 bits per heavy atom. The van der Waals surface area contributed by atoms with E-state index in [0.29, 0.717) is 18.8 Å². The number of nitrogens with zero attached hydrogens (tertiary/aromatic N) is 1. The average molecular weight is 439 g/mol. The molecule has 0 atom stereocenters. The van der Waals surface area contributed by atoms with Crippen molar-refractivity contribution >= 4 is 32.6 Å². The summed E-state index contributed by atoms with van der Waals surface area (Å²) in [6, 6.07) is 18.6. The van der Waals surface area contributed by atoms with Crippen molar-refractivity contribution in [2.24, 2.45) is 0 Å². The molecule has 2 N–H and O–H groups in total. The molecule has 3 aromatic carbocycles. The Bertz CT molecular complexity index is 1240. The summed E-state index contributed by atoms with van der Waals surface area (Å²) < 4.78 is 32.1. The standard InChI is InChI=1S/C22H21N3O5S/c26-21(23-24-22(27)19-9-8-16-4-1-2-5-17(16)14-19)18-6-3-7-20(15-18)31(28,29)25-10-12-30-13-11-25/h1-9,14-15H,10-13H2,(H,23,26)(H,24,27). The van der Waals surface area contributed by atoms with Gasteiger partial charge in [0.25, 0.3) is 11.8 Å². The van der Waals surface area contributed by atoms with Crippen LogP contribution >= 0.6 is 0 Å². The fraction of sp³-hybridized carbons (Fsp3) is 0.182. The van der Waals surface area contributed by atoms with E-state index in [-0.39, 0.29) is 23.5 Å². The zero-order valence-electron chi connectivity index (χ0n) is 16.6. The number of rotatable bonds is 4. The summed E-state index contributed by atoms with van der Waals surface area (Å²) in [7, 11) is -3.73. The summed E-state index contributed by atoms with van der Waals surface area (Å²) in [4.78, 5) is 24.9. The minimum atomic E-state index is -3.73. The molecule has 1 aliphatic rings. The van der Waals surface area contributed by atoms with Gasteiger partial charge < -0.3 is 4.74 Å². The van der Waals surface area contributed by atoms with Gasteiger partial charge in [-0.3, -0.25) is 20.4 Å². The molecule has 0 unspecified atom stereocenters. The zero-order chi connectivity index (χ0) is 21.8. The Morgan fingerprint density at radius 3 is 2.13 bits per heavy atom. The summed E-state index contributed by atoms with van der Waals surface area (Å²) in [6.45, 7) is 1.20. The molecule has 2 amide bonds. The lowest BCUT2D eigenvalue weighted by atomic mass is 10.1. The number of morpholine rings is 1. The Hall–Kier alpha value is -3.27. The first-order valence-corrected chi connectivity index (χ1v) is 11.2. The van der Waals surface area contributed by atoms with Crippen molar-refractivity contribution in [3.05, 3.63) is 77.9 Å². The predicted octanol–water partition coefficient (Wildman–Crippen LogP) is 1.94. The van der Waals surface area contributed by atoms with E-state index in [1.165, 1.54) is 28.6 Å². The number of ether oxygens (including phenoxy) is 1. The molecule has 4 rings (SSSR count). The van der Waals surface area contributed by atoms with Crippen LogP contribution in [0.15, 0.2) is 71.6 Å². The monoisotopic (exact) mass is 439 g/mol. The molecule has 31 heavy (non-hydrogen) atoms. The van der Waals surface area contributed by atoms with Gasteiger partial charge >= 0.3 is 0 Å². The molecule has 0 saturated carbocycles. The quantitative estimate of drug-likeness (QED) is 0.605. The summed E-state index contributed by atoms with van der Waals surface area (Å²) >= 11 is 0. The van der Waals surface area contributed by atoms with E-state index in [0.717, 1.165) is 10.8 Å². The fourth-order valence-electron chi connectivity index (χ4n) is 3.32. The van der Waals surface area contributed by atoms with Crippen molar-refractivity contribution in [3.63, 3.8) is 0 Å². The highest BCUT2D eigenvalue weighted by molar-refractivity contribution is 7.89. The lowest BCUT2D eigenvalue weighted by molar-refractivity contribution is 0.0730. The highest BCUT2D eigenvalue weighted by atomic mass is 32.2. The molecule has 1 fully saturated rings. The van der Waals surface area contributed by atoms with Gasteiger partial charge in [-0.05, 0) is 41.1 Å². The smallest absolute Gasteiger partial charge is 0.269 e. The van der Waals surface area contributed by atoms with Crippen LogP contribution in [0.3, 0.4) is 0 Å². The van der Waals surface area contributed by atoms with Gasteiger partial charge in [0.1, 0.15) is 0 Å². The van der Waals surface area contributed by atoms with Crippen LogP contribution in [0.2, 0.25) is 0 Å². The number of hydrazine groups is 1. The van der Waals surface area contributed by atoms with E-state index in [4.69, 9.17) is 4.74 Å². The third-order valence-corrected chi connectivity index (χ3v) is 6.90. The lowest BCUT2D eigenvalue weighted by Crippen LogP contribution is -2.42. The Morgan fingerprint density at radius 2 is 1.42 bits per heavy atom. The molecule has 0 bridgehead atoms. The third kappa shape index (κ3) is 4.58. The van der Waals surface area contributed by atoms with Crippen molar-refractivity contribution in [2.45, 2.75) is 4.90 Å². The normalized spacial score (nSPS) is 14.8. The van der Waals surface area contributed by atoms with Crippen molar-refractivity contribution < 1.29 is 22.7 Å². The molecule has 0 aliphatic carbocycles. The van der Waals surface area contributed by atoms with Crippen LogP contribution in [-0.2, 0) is 14.8 Å². The predicted molar refractivity (Wildman–Crippen MR) is 115 cm³/mol. The van der Waals surface area contributed by atoms with Gasteiger partial charge in [-0.1, -0.05) is 36.4 Å². The second-order valence-electron chi connectivity index (χ2n) is 7.01. The number of hydrogen-bond donors (Lipinski definition) is 2. The van der Waals surface area contributed by atoms with Crippen LogP contribution < -0.4 is 10.9 Å². The topological polar surface area (TPSA) is 105 Å². The van der Waals surface area contributed by atoms with E-state index in [9.17, 15) is 18.0 Å². The van der Waals surface area contributed by atoms with Gasteiger partial charge in [0, 0.05) is 24.2 Å². The van der Waals surface area contributed by atoms with Gasteiger partial charge in [-0.15, -0.1) is 0 Å². The van der Waals surface area contributed by atoms with Gasteiger partial charge in [0.05, 0.1) is 18.1 Å². The molecule has 160 valence electrons. The average Bonchev–Trinajstić information content (AvgIpc) is 2.82. The molecule has 1 saturated heterocycles. The minimum absolute atomic E-state index is 0.0166. The highest BCUT2D eigenvalue weighted by Gasteiger charge is 2.26.